The first-order valence-corrected chi connectivity index (χ1v) is 6.86. The second-order valence-corrected chi connectivity index (χ2v) is 5.09. The maximum Gasteiger partial charge on any atom is 0.265 e. The Morgan fingerprint density at radius 2 is 1.90 bits per heavy atom. The lowest BCUT2D eigenvalue weighted by Gasteiger charge is -2.16. The van der Waals surface area contributed by atoms with E-state index < -0.39 is 6.10 Å². The molecule has 4 nitrogen and oxygen atoms in total. The number of ether oxygens (including phenoxy) is 1. The van der Waals surface area contributed by atoms with E-state index in [9.17, 15) is 4.79 Å². The minimum atomic E-state index is -0.590. The highest BCUT2D eigenvalue weighted by Gasteiger charge is 2.16. The summed E-state index contributed by atoms with van der Waals surface area (Å²) < 4.78 is 5.66. The van der Waals surface area contributed by atoms with E-state index in [4.69, 9.17) is 10.5 Å². The molecule has 0 saturated heterocycles. The summed E-state index contributed by atoms with van der Waals surface area (Å²) in [5.41, 5.74) is 9.14. The molecule has 2 aromatic rings. The van der Waals surface area contributed by atoms with Gasteiger partial charge in [0.25, 0.3) is 5.91 Å². The molecule has 1 atom stereocenters. The smallest absolute Gasteiger partial charge is 0.265 e. The Morgan fingerprint density at radius 1 is 1.19 bits per heavy atom. The number of carbonyl (C=O) groups is 1. The van der Waals surface area contributed by atoms with Gasteiger partial charge in [-0.3, -0.25) is 4.79 Å². The summed E-state index contributed by atoms with van der Waals surface area (Å²) in [5.74, 6) is 0.479. The topological polar surface area (TPSA) is 64.3 Å². The molecule has 0 spiro atoms. The van der Waals surface area contributed by atoms with Crippen molar-refractivity contribution in [3.8, 4) is 5.75 Å². The first-order chi connectivity index (χ1) is 9.97. The van der Waals surface area contributed by atoms with Crippen molar-refractivity contribution in [3.63, 3.8) is 0 Å². The highest BCUT2D eigenvalue weighted by Crippen LogP contribution is 2.21. The first kappa shape index (κ1) is 14.9. The van der Waals surface area contributed by atoms with Crippen molar-refractivity contribution in [1.82, 2.24) is 0 Å². The van der Waals surface area contributed by atoms with Crippen molar-refractivity contribution in [1.29, 1.82) is 0 Å². The number of amides is 1. The molecule has 3 N–H and O–H groups in total. The van der Waals surface area contributed by atoms with Gasteiger partial charge in [0, 0.05) is 11.4 Å². The Bertz CT molecular complexity index is 653. The summed E-state index contributed by atoms with van der Waals surface area (Å²) in [6.07, 6.45) is -0.590. The van der Waals surface area contributed by atoms with Crippen LogP contribution in [0.4, 0.5) is 11.4 Å². The first-order valence-electron chi connectivity index (χ1n) is 6.86. The zero-order chi connectivity index (χ0) is 15.4. The highest BCUT2D eigenvalue weighted by atomic mass is 16.5. The molecule has 0 radical (unpaired) electrons. The van der Waals surface area contributed by atoms with Crippen molar-refractivity contribution in [2.24, 2.45) is 0 Å². The van der Waals surface area contributed by atoms with Crippen LogP contribution in [-0.4, -0.2) is 12.0 Å². The van der Waals surface area contributed by atoms with Gasteiger partial charge in [-0.1, -0.05) is 18.2 Å². The van der Waals surface area contributed by atoms with Crippen LogP contribution in [0.15, 0.2) is 42.5 Å². The van der Waals surface area contributed by atoms with Crippen LogP contribution < -0.4 is 15.8 Å². The molecule has 0 saturated carbocycles. The molecule has 0 aliphatic heterocycles. The van der Waals surface area contributed by atoms with E-state index in [-0.39, 0.29) is 5.91 Å². The van der Waals surface area contributed by atoms with Gasteiger partial charge in [-0.15, -0.1) is 0 Å². The number of benzene rings is 2. The summed E-state index contributed by atoms with van der Waals surface area (Å²) >= 11 is 0. The molecule has 110 valence electrons. The fourth-order valence-electron chi connectivity index (χ4n) is 1.97. The number of nitrogens with one attached hydrogen (secondary N) is 1. The van der Waals surface area contributed by atoms with E-state index in [1.807, 2.05) is 50.2 Å². The number of anilines is 2. The fraction of sp³-hybridized carbons (Fsp3) is 0.235. The highest BCUT2D eigenvalue weighted by molar-refractivity contribution is 5.95. The summed E-state index contributed by atoms with van der Waals surface area (Å²) in [6.45, 7) is 5.57. The van der Waals surface area contributed by atoms with E-state index >= 15 is 0 Å². The lowest BCUT2D eigenvalue weighted by atomic mass is 10.1. The van der Waals surface area contributed by atoms with Gasteiger partial charge in [0.2, 0.25) is 0 Å². The van der Waals surface area contributed by atoms with Crippen LogP contribution in [0.2, 0.25) is 0 Å². The number of hydrogen-bond acceptors (Lipinski definition) is 3. The van der Waals surface area contributed by atoms with Crippen molar-refractivity contribution in [3.05, 3.63) is 53.6 Å². The third-order valence-corrected chi connectivity index (χ3v) is 3.31. The van der Waals surface area contributed by atoms with Crippen LogP contribution in [0.3, 0.4) is 0 Å². The lowest BCUT2D eigenvalue weighted by molar-refractivity contribution is -0.122. The number of nitrogen functional groups attached to an aromatic ring is 1. The van der Waals surface area contributed by atoms with Gasteiger partial charge < -0.3 is 15.8 Å². The molecular weight excluding hydrogens is 264 g/mol. The molecule has 4 heteroatoms. The van der Waals surface area contributed by atoms with Crippen molar-refractivity contribution < 1.29 is 9.53 Å². The van der Waals surface area contributed by atoms with Gasteiger partial charge in [0.1, 0.15) is 5.75 Å². The minimum absolute atomic E-state index is 0.204. The molecule has 0 heterocycles. The zero-order valence-electron chi connectivity index (χ0n) is 12.5. The standard InChI is InChI=1S/C17H20N2O2/c1-11-6-4-7-14(10-11)21-13(3)17(20)19-16-9-5-8-15(18)12(16)2/h4-10,13H,18H2,1-3H3,(H,19,20)/t13-/m0/s1. The van der Waals surface area contributed by atoms with Crippen LogP contribution in [0.1, 0.15) is 18.1 Å². The molecule has 0 unspecified atom stereocenters. The third-order valence-electron chi connectivity index (χ3n) is 3.31. The van der Waals surface area contributed by atoms with E-state index in [0.717, 1.165) is 11.1 Å². The molecule has 2 aromatic carbocycles. The number of aryl methyl sites for hydroxylation is 1. The molecule has 1 amide bonds. The van der Waals surface area contributed by atoms with E-state index in [1.165, 1.54) is 0 Å². The van der Waals surface area contributed by atoms with Gasteiger partial charge >= 0.3 is 0 Å². The fourth-order valence-corrected chi connectivity index (χ4v) is 1.97. The Kier molecular flexibility index (Phi) is 4.48. The van der Waals surface area contributed by atoms with Gasteiger partial charge in [0.15, 0.2) is 6.10 Å². The molecule has 0 bridgehead atoms. The molecule has 0 aliphatic carbocycles. The Hall–Kier alpha value is -2.49. The zero-order valence-corrected chi connectivity index (χ0v) is 12.5. The van der Waals surface area contributed by atoms with E-state index in [2.05, 4.69) is 5.32 Å². The van der Waals surface area contributed by atoms with E-state index in [0.29, 0.717) is 17.1 Å². The van der Waals surface area contributed by atoms with Crippen LogP contribution in [-0.2, 0) is 4.79 Å². The predicted octanol–water partition coefficient (Wildman–Crippen LogP) is 3.29. The van der Waals surface area contributed by atoms with Crippen molar-refractivity contribution in [2.45, 2.75) is 26.9 Å². The molecule has 21 heavy (non-hydrogen) atoms. The van der Waals surface area contributed by atoms with Crippen LogP contribution in [0.5, 0.6) is 5.75 Å². The number of hydrogen-bond donors (Lipinski definition) is 2. The molecule has 0 aliphatic rings. The Morgan fingerprint density at radius 3 is 2.62 bits per heavy atom. The molecule has 0 fully saturated rings. The van der Waals surface area contributed by atoms with Crippen molar-refractivity contribution >= 4 is 17.3 Å². The quantitative estimate of drug-likeness (QED) is 0.847. The Balaban J connectivity index is 2.04. The van der Waals surface area contributed by atoms with E-state index in [1.54, 1.807) is 13.0 Å². The average Bonchev–Trinajstić information content (AvgIpc) is 2.44. The number of nitrogens with two attached hydrogens (primary N) is 1. The van der Waals surface area contributed by atoms with Gasteiger partial charge in [0.05, 0.1) is 0 Å². The monoisotopic (exact) mass is 284 g/mol. The summed E-state index contributed by atoms with van der Waals surface area (Å²) in [6, 6.07) is 13.0. The normalized spacial score (nSPS) is 11.8. The number of rotatable bonds is 4. The third kappa shape index (κ3) is 3.75. The summed E-state index contributed by atoms with van der Waals surface area (Å²) in [5, 5.41) is 2.84. The van der Waals surface area contributed by atoms with Gasteiger partial charge in [-0.05, 0) is 56.2 Å². The molecule has 0 aromatic heterocycles. The van der Waals surface area contributed by atoms with Gasteiger partial charge in [-0.25, -0.2) is 0 Å². The van der Waals surface area contributed by atoms with Crippen LogP contribution >= 0.6 is 0 Å². The maximum atomic E-state index is 12.2. The maximum absolute atomic E-state index is 12.2. The molecule has 2 rings (SSSR count). The Labute approximate surface area is 124 Å². The van der Waals surface area contributed by atoms with Crippen LogP contribution in [0, 0.1) is 13.8 Å². The van der Waals surface area contributed by atoms with Gasteiger partial charge in [-0.2, -0.15) is 0 Å². The minimum Gasteiger partial charge on any atom is -0.481 e. The van der Waals surface area contributed by atoms with Crippen molar-refractivity contribution in [2.75, 3.05) is 11.1 Å². The molecular formula is C17H20N2O2. The second kappa shape index (κ2) is 6.31. The predicted molar refractivity (Wildman–Crippen MR) is 85.5 cm³/mol. The second-order valence-electron chi connectivity index (χ2n) is 5.09. The largest absolute Gasteiger partial charge is 0.481 e. The average molecular weight is 284 g/mol. The SMILES string of the molecule is Cc1cccc(O[C@@H](C)C(=O)Nc2cccc(N)c2C)c1. The number of carbonyl (C=O) groups excluding carboxylic acids is 1. The summed E-state index contributed by atoms with van der Waals surface area (Å²) in [7, 11) is 0. The lowest BCUT2D eigenvalue weighted by Crippen LogP contribution is -2.30. The summed E-state index contributed by atoms with van der Waals surface area (Å²) in [4.78, 5) is 12.2. The van der Waals surface area contributed by atoms with Crippen LogP contribution in [0.25, 0.3) is 0 Å².